The van der Waals surface area contributed by atoms with E-state index in [9.17, 15) is 18.0 Å². The summed E-state index contributed by atoms with van der Waals surface area (Å²) in [6, 6.07) is 3.27. The Balaban J connectivity index is 1.91. The van der Waals surface area contributed by atoms with E-state index >= 15 is 0 Å². The lowest BCUT2D eigenvalue weighted by Gasteiger charge is -2.17. The minimum atomic E-state index is -4.57. The van der Waals surface area contributed by atoms with Crippen molar-refractivity contribution < 1.29 is 18.0 Å². The van der Waals surface area contributed by atoms with Crippen LogP contribution in [-0.2, 0) is 11.0 Å². The van der Waals surface area contributed by atoms with Crippen LogP contribution in [0.3, 0.4) is 0 Å². The number of rotatable bonds is 3. The summed E-state index contributed by atoms with van der Waals surface area (Å²) in [5.74, 6) is -0.355. The maximum Gasteiger partial charge on any atom is 0.417 e. The van der Waals surface area contributed by atoms with E-state index in [-0.39, 0.29) is 11.4 Å². The molecule has 1 aromatic carbocycles. The van der Waals surface area contributed by atoms with Gasteiger partial charge in [-0.25, -0.2) is 0 Å². The molecule has 0 bridgehead atoms. The molecule has 0 unspecified atom stereocenters. The number of likely N-dealkylation sites (tertiary alicyclic amines) is 1. The molecule has 1 fully saturated rings. The van der Waals surface area contributed by atoms with Gasteiger partial charge in [-0.3, -0.25) is 4.79 Å². The van der Waals surface area contributed by atoms with Gasteiger partial charge < -0.3 is 10.2 Å². The largest absolute Gasteiger partial charge is 0.417 e. The van der Waals surface area contributed by atoms with Gasteiger partial charge in [0.25, 0.3) is 0 Å². The van der Waals surface area contributed by atoms with E-state index < -0.39 is 22.7 Å². The van der Waals surface area contributed by atoms with Gasteiger partial charge in [-0.15, -0.1) is 0 Å². The highest BCUT2D eigenvalue weighted by Crippen LogP contribution is 2.36. The lowest BCUT2D eigenvalue weighted by Crippen LogP contribution is -2.25. The molecular weight excluding hydrogens is 369 g/mol. The lowest BCUT2D eigenvalue weighted by atomic mass is 10.2. The summed E-state index contributed by atoms with van der Waals surface area (Å²) in [5, 5.41) is 2.03. The van der Waals surface area contributed by atoms with Crippen molar-refractivity contribution >= 4 is 51.5 Å². The summed E-state index contributed by atoms with van der Waals surface area (Å²) >= 11 is 12.0. The average Bonchev–Trinajstić information content (AvgIpc) is 3.00. The number of carbonyl (C=O) groups is 1. The quantitative estimate of drug-likeness (QED) is 0.785. The lowest BCUT2D eigenvalue weighted by molar-refractivity contribution is -0.137. The number of thioether (sulfide) groups is 1. The first-order valence-electron chi connectivity index (χ1n) is 6.85. The smallest absolute Gasteiger partial charge is 0.358 e. The van der Waals surface area contributed by atoms with Crippen molar-refractivity contribution in [1.29, 1.82) is 0 Å². The molecule has 0 spiro atoms. The molecule has 23 heavy (non-hydrogen) atoms. The summed E-state index contributed by atoms with van der Waals surface area (Å²) in [5.41, 5.74) is -0.920. The second-order valence-electron chi connectivity index (χ2n) is 4.99. The Labute approximate surface area is 146 Å². The van der Waals surface area contributed by atoms with E-state index in [1.165, 1.54) is 17.8 Å². The van der Waals surface area contributed by atoms with Crippen LogP contribution in [-0.4, -0.2) is 34.0 Å². The zero-order valence-electron chi connectivity index (χ0n) is 12.0. The number of halogens is 4. The van der Waals surface area contributed by atoms with Gasteiger partial charge in [0.1, 0.15) is 4.32 Å². The molecule has 0 saturated carbocycles. The van der Waals surface area contributed by atoms with Crippen LogP contribution in [0.2, 0.25) is 5.02 Å². The third-order valence-electron chi connectivity index (χ3n) is 3.25. The highest BCUT2D eigenvalue weighted by atomic mass is 35.5. The molecule has 1 amide bonds. The van der Waals surface area contributed by atoms with Gasteiger partial charge in [-0.05, 0) is 31.0 Å². The molecule has 3 nitrogen and oxygen atoms in total. The second-order valence-corrected chi connectivity index (χ2v) is 7.01. The molecule has 9 heteroatoms. The summed E-state index contributed by atoms with van der Waals surface area (Å²) in [6.07, 6.45) is -2.40. The maximum absolute atomic E-state index is 12.8. The number of thiocarbonyl (C=S) groups is 1. The third-order valence-corrected chi connectivity index (χ3v) is 5.10. The van der Waals surface area contributed by atoms with Crippen LogP contribution >= 0.6 is 35.6 Å². The predicted molar refractivity (Wildman–Crippen MR) is 90.9 cm³/mol. The van der Waals surface area contributed by atoms with Crippen molar-refractivity contribution in [1.82, 2.24) is 4.90 Å². The Kier molecular flexibility index (Phi) is 6.16. The highest BCUT2D eigenvalue weighted by molar-refractivity contribution is 8.23. The van der Waals surface area contributed by atoms with Crippen molar-refractivity contribution in [2.75, 3.05) is 24.2 Å². The van der Waals surface area contributed by atoms with Crippen LogP contribution in [0.5, 0.6) is 0 Å². The van der Waals surface area contributed by atoms with Crippen molar-refractivity contribution in [2.24, 2.45) is 0 Å². The molecule has 1 saturated heterocycles. The average molecular weight is 383 g/mol. The Hall–Kier alpha value is -0.990. The first-order chi connectivity index (χ1) is 10.8. The molecule has 0 aliphatic carbocycles. The Morgan fingerprint density at radius 3 is 2.61 bits per heavy atom. The van der Waals surface area contributed by atoms with Crippen molar-refractivity contribution in [3.63, 3.8) is 0 Å². The molecule has 1 heterocycles. The molecule has 0 atom stereocenters. The van der Waals surface area contributed by atoms with E-state index in [2.05, 4.69) is 5.32 Å². The van der Waals surface area contributed by atoms with Gasteiger partial charge in [-0.2, -0.15) is 13.2 Å². The SMILES string of the molecule is O=C(CSC(=S)N1CCCC1)Nc1ccc(Cl)c(C(F)(F)F)c1. The molecule has 1 aliphatic heterocycles. The van der Waals surface area contributed by atoms with Crippen LogP contribution in [0.15, 0.2) is 18.2 Å². The number of alkyl halides is 3. The Bertz CT molecular complexity index is 604. The van der Waals surface area contributed by atoms with Gasteiger partial charge >= 0.3 is 6.18 Å². The molecule has 126 valence electrons. The van der Waals surface area contributed by atoms with E-state index in [4.69, 9.17) is 23.8 Å². The van der Waals surface area contributed by atoms with Gasteiger partial charge in [0.15, 0.2) is 0 Å². The summed E-state index contributed by atoms with van der Waals surface area (Å²) in [6.45, 7) is 1.78. The number of anilines is 1. The molecule has 0 aromatic heterocycles. The number of nitrogens with zero attached hydrogens (tertiary/aromatic N) is 1. The van der Waals surface area contributed by atoms with E-state index in [1.807, 2.05) is 4.90 Å². The predicted octanol–water partition coefficient (Wildman–Crippen LogP) is 4.41. The van der Waals surface area contributed by atoms with Gasteiger partial charge in [-0.1, -0.05) is 35.6 Å². The molecule has 0 radical (unpaired) electrons. The first kappa shape index (κ1) is 18.4. The Morgan fingerprint density at radius 1 is 1.35 bits per heavy atom. The third kappa shape index (κ3) is 5.26. The standard InChI is InChI=1S/C14H14ClF3N2OS2/c15-11-4-3-9(7-10(11)14(16,17)18)19-12(21)8-23-13(22)20-5-1-2-6-20/h3-4,7H,1-2,5-6,8H2,(H,19,21). The zero-order chi connectivity index (χ0) is 17.0. The fourth-order valence-corrected chi connectivity index (χ4v) is 3.41. The van der Waals surface area contributed by atoms with Crippen molar-refractivity contribution in [3.8, 4) is 0 Å². The van der Waals surface area contributed by atoms with Gasteiger partial charge in [0.2, 0.25) is 5.91 Å². The molecule has 1 aromatic rings. The van der Waals surface area contributed by atoms with Crippen LogP contribution in [0.25, 0.3) is 0 Å². The van der Waals surface area contributed by atoms with Crippen molar-refractivity contribution in [3.05, 3.63) is 28.8 Å². The highest BCUT2D eigenvalue weighted by Gasteiger charge is 2.33. The fraction of sp³-hybridized carbons (Fsp3) is 0.429. The van der Waals surface area contributed by atoms with Crippen LogP contribution in [0, 0.1) is 0 Å². The summed E-state index contributed by atoms with van der Waals surface area (Å²) < 4.78 is 38.9. The molecule has 1 N–H and O–H groups in total. The maximum atomic E-state index is 12.8. The topological polar surface area (TPSA) is 32.3 Å². The second kappa shape index (κ2) is 7.72. The fourth-order valence-electron chi connectivity index (χ4n) is 2.14. The first-order valence-corrected chi connectivity index (χ1v) is 8.63. The summed E-state index contributed by atoms with van der Waals surface area (Å²) in [7, 11) is 0. The zero-order valence-corrected chi connectivity index (χ0v) is 14.3. The number of hydrogen-bond acceptors (Lipinski definition) is 3. The Morgan fingerprint density at radius 2 is 2.00 bits per heavy atom. The van der Waals surface area contributed by atoms with Crippen molar-refractivity contribution in [2.45, 2.75) is 19.0 Å². The van der Waals surface area contributed by atoms with Gasteiger partial charge in [0.05, 0.1) is 16.3 Å². The minimum absolute atomic E-state index is 0.0549. The molecule has 1 aliphatic rings. The molecule has 2 rings (SSSR count). The number of hydrogen-bond donors (Lipinski definition) is 1. The van der Waals surface area contributed by atoms with Crippen LogP contribution < -0.4 is 5.32 Å². The number of amides is 1. The number of carbonyl (C=O) groups excluding carboxylic acids is 1. The normalized spacial score (nSPS) is 14.9. The van der Waals surface area contributed by atoms with Gasteiger partial charge in [0, 0.05) is 18.8 Å². The van der Waals surface area contributed by atoms with E-state index in [0.29, 0.717) is 4.32 Å². The minimum Gasteiger partial charge on any atom is -0.358 e. The van der Waals surface area contributed by atoms with Crippen LogP contribution in [0.4, 0.5) is 18.9 Å². The number of benzene rings is 1. The monoisotopic (exact) mass is 382 g/mol. The van der Waals surface area contributed by atoms with E-state index in [0.717, 1.165) is 38.1 Å². The summed E-state index contributed by atoms with van der Waals surface area (Å²) in [4.78, 5) is 13.9. The molecular formula is C14H14ClF3N2OS2. The van der Waals surface area contributed by atoms with Crippen LogP contribution in [0.1, 0.15) is 18.4 Å². The number of nitrogens with one attached hydrogen (secondary N) is 1. The van der Waals surface area contributed by atoms with E-state index in [1.54, 1.807) is 0 Å².